The standard InChI is InChI=1S/C12H23NO.C2H6/c1-4-10-11-7-13(8-12(10)11)5-6-14-9(2)3;1-2/h9-12H,4-8H2,1-3H3;1-2H3. The van der Waals surface area contributed by atoms with Crippen molar-refractivity contribution in [1.82, 2.24) is 4.90 Å². The highest BCUT2D eigenvalue weighted by Crippen LogP contribution is 2.53. The van der Waals surface area contributed by atoms with E-state index in [1.165, 1.54) is 19.5 Å². The molecule has 0 spiro atoms. The minimum atomic E-state index is 0.385. The minimum absolute atomic E-state index is 0.385. The lowest BCUT2D eigenvalue weighted by Gasteiger charge is -2.19. The van der Waals surface area contributed by atoms with Gasteiger partial charge in [-0.1, -0.05) is 27.2 Å². The van der Waals surface area contributed by atoms with E-state index < -0.39 is 0 Å². The van der Waals surface area contributed by atoms with E-state index in [0.717, 1.165) is 30.9 Å². The normalized spacial score (nSPS) is 32.2. The van der Waals surface area contributed by atoms with Gasteiger partial charge in [-0.3, -0.25) is 0 Å². The van der Waals surface area contributed by atoms with Crippen molar-refractivity contribution in [1.29, 1.82) is 0 Å². The molecule has 2 aliphatic rings. The van der Waals surface area contributed by atoms with Crippen molar-refractivity contribution in [3.63, 3.8) is 0 Å². The molecule has 2 atom stereocenters. The fraction of sp³-hybridized carbons (Fsp3) is 1.00. The van der Waals surface area contributed by atoms with Gasteiger partial charge in [0.05, 0.1) is 12.7 Å². The molecule has 2 rings (SSSR count). The highest BCUT2D eigenvalue weighted by molar-refractivity contribution is 5.04. The molecule has 0 N–H and O–H groups in total. The van der Waals surface area contributed by atoms with Gasteiger partial charge in [0.2, 0.25) is 0 Å². The van der Waals surface area contributed by atoms with Gasteiger partial charge in [-0.15, -0.1) is 0 Å². The molecule has 0 aromatic heterocycles. The number of rotatable bonds is 5. The molecule has 2 nitrogen and oxygen atoms in total. The lowest BCUT2D eigenvalue weighted by Crippen LogP contribution is -2.29. The maximum absolute atomic E-state index is 5.57. The van der Waals surface area contributed by atoms with E-state index >= 15 is 0 Å². The molecule has 0 aromatic rings. The summed E-state index contributed by atoms with van der Waals surface area (Å²) in [6, 6.07) is 0. The molecule has 1 saturated heterocycles. The van der Waals surface area contributed by atoms with Gasteiger partial charge in [-0.05, 0) is 31.6 Å². The molecule has 96 valence electrons. The number of nitrogens with zero attached hydrogens (tertiary/aromatic N) is 1. The van der Waals surface area contributed by atoms with Crippen LogP contribution in [0.15, 0.2) is 0 Å². The van der Waals surface area contributed by atoms with Crippen LogP contribution in [0, 0.1) is 17.8 Å². The molecule has 0 aromatic carbocycles. The highest BCUT2D eigenvalue weighted by atomic mass is 16.5. The summed E-state index contributed by atoms with van der Waals surface area (Å²) in [4.78, 5) is 2.57. The van der Waals surface area contributed by atoms with Gasteiger partial charge in [0.25, 0.3) is 0 Å². The molecule has 2 fully saturated rings. The minimum Gasteiger partial charge on any atom is -0.377 e. The van der Waals surface area contributed by atoms with Gasteiger partial charge < -0.3 is 9.64 Å². The fourth-order valence-electron chi connectivity index (χ4n) is 2.94. The van der Waals surface area contributed by atoms with Crippen molar-refractivity contribution in [3.8, 4) is 0 Å². The van der Waals surface area contributed by atoms with Crippen LogP contribution in [0.2, 0.25) is 0 Å². The number of likely N-dealkylation sites (tertiary alicyclic amines) is 1. The predicted molar refractivity (Wildman–Crippen MR) is 69.6 cm³/mol. The Morgan fingerprint density at radius 3 is 2.19 bits per heavy atom. The van der Waals surface area contributed by atoms with Crippen molar-refractivity contribution >= 4 is 0 Å². The third-order valence-corrected chi connectivity index (χ3v) is 3.78. The van der Waals surface area contributed by atoms with Crippen molar-refractivity contribution in [2.75, 3.05) is 26.2 Å². The van der Waals surface area contributed by atoms with Crippen molar-refractivity contribution in [3.05, 3.63) is 0 Å². The summed E-state index contributed by atoms with van der Waals surface area (Å²) in [6.07, 6.45) is 1.78. The van der Waals surface area contributed by atoms with Gasteiger partial charge in [0.1, 0.15) is 0 Å². The van der Waals surface area contributed by atoms with Crippen LogP contribution in [0.5, 0.6) is 0 Å². The predicted octanol–water partition coefficient (Wildman–Crippen LogP) is 3.03. The highest BCUT2D eigenvalue weighted by Gasteiger charge is 2.53. The maximum atomic E-state index is 5.57. The average molecular weight is 227 g/mol. The number of hydrogen-bond acceptors (Lipinski definition) is 2. The second-order valence-corrected chi connectivity index (χ2v) is 5.08. The van der Waals surface area contributed by atoms with Gasteiger partial charge in [-0.25, -0.2) is 0 Å². The molecule has 16 heavy (non-hydrogen) atoms. The molecule has 1 aliphatic heterocycles. The summed E-state index contributed by atoms with van der Waals surface area (Å²) in [5.74, 6) is 3.15. The number of piperidine rings is 1. The summed E-state index contributed by atoms with van der Waals surface area (Å²) in [6.45, 7) is 15.3. The van der Waals surface area contributed by atoms with Crippen LogP contribution in [-0.4, -0.2) is 37.2 Å². The van der Waals surface area contributed by atoms with E-state index in [1.54, 1.807) is 0 Å². The summed E-state index contributed by atoms with van der Waals surface area (Å²) < 4.78 is 5.57. The zero-order valence-electron chi connectivity index (χ0n) is 11.7. The van der Waals surface area contributed by atoms with Gasteiger partial charge in [-0.2, -0.15) is 0 Å². The van der Waals surface area contributed by atoms with E-state index in [0.29, 0.717) is 6.10 Å². The number of ether oxygens (including phenoxy) is 1. The monoisotopic (exact) mass is 227 g/mol. The smallest absolute Gasteiger partial charge is 0.0596 e. The topological polar surface area (TPSA) is 12.5 Å². The average Bonchev–Trinajstić information content (AvgIpc) is 2.75. The van der Waals surface area contributed by atoms with E-state index in [1.807, 2.05) is 13.8 Å². The van der Waals surface area contributed by atoms with Crippen LogP contribution < -0.4 is 0 Å². The van der Waals surface area contributed by atoms with Crippen LogP contribution in [0.1, 0.15) is 41.0 Å². The van der Waals surface area contributed by atoms with Crippen molar-refractivity contribution < 1.29 is 4.74 Å². The maximum Gasteiger partial charge on any atom is 0.0596 e. The summed E-state index contributed by atoms with van der Waals surface area (Å²) in [7, 11) is 0. The summed E-state index contributed by atoms with van der Waals surface area (Å²) in [5, 5.41) is 0. The fourth-order valence-corrected chi connectivity index (χ4v) is 2.94. The molecule has 1 aliphatic carbocycles. The van der Waals surface area contributed by atoms with Crippen LogP contribution in [0.3, 0.4) is 0 Å². The van der Waals surface area contributed by atoms with Gasteiger partial charge in [0, 0.05) is 19.6 Å². The van der Waals surface area contributed by atoms with Gasteiger partial charge in [0.15, 0.2) is 0 Å². The molecule has 1 heterocycles. The Balaban J connectivity index is 0.000000606. The summed E-state index contributed by atoms with van der Waals surface area (Å²) in [5.41, 5.74) is 0. The molecule has 0 amide bonds. The molecular weight excluding hydrogens is 198 g/mol. The first-order valence-electron chi connectivity index (χ1n) is 7.06. The van der Waals surface area contributed by atoms with E-state index in [-0.39, 0.29) is 0 Å². The quantitative estimate of drug-likeness (QED) is 0.716. The van der Waals surface area contributed by atoms with Crippen LogP contribution >= 0.6 is 0 Å². The van der Waals surface area contributed by atoms with E-state index in [4.69, 9.17) is 4.74 Å². The SMILES string of the molecule is CC.CCC1C2CN(CCOC(C)C)CC12. The Kier molecular flexibility index (Phi) is 5.77. The van der Waals surface area contributed by atoms with Crippen LogP contribution in [-0.2, 0) is 4.74 Å². The number of hydrogen-bond donors (Lipinski definition) is 0. The summed E-state index contributed by atoms with van der Waals surface area (Å²) >= 11 is 0. The first kappa shape index (κ1) is 14.0. The molecule has 2 unspecified atom stereocenters. The first-order valence-corrected chi connectivity index (χ1v) is 7.06. The van der Waals surface area contributed by atoms with Crippen molar-refractivity contribution in [2.45, 2.75) is 47.1 Å². The lowest BCUT2D eigenvalue weighted by molar-refractivity contribution is 0.0605. The molecule has 2 heteroatoms. The third kappa shape index (κ3) is 3.46. The largest absolute Gasteiger partial charge is 0.377 e. The van der Waals surface area contributed by atoms with Crippen LogP contribution in [0.4, 0.5) is 0 Å². The van der Waals surface area contributed by atoms with E-state index in [9.17, 15) is 0 Å². The molecule has 1 saturated carbocycles. The molecule has 0 bridgehead atoms. The van der Waals surface area contributed by atoms with Gasteiger partial charge >= 0.3 is 0 Å². The van der Waals surface area contributed by atoms with Crippen molar-refractivity contribution in [2.24, 2.45) is 17.8 Å². The Labute approximate surface area is 101 Å². The second kappa shape index (κ2) is 6.61. The zero-order valence-corrected chi connectivity index (χ0v) is 11.7. The molecular formula is C14H29NO. The number of fused-ring (bicyclic) bond motifs is 1. The first-order chi connectivity index (χ1) is 7.72. The Morgan fingerprint density at radius 1 is 1.19 bits per heavy atom. The lowest BCUT2D eigenvalue weighted by atomic mass is 10.2. The molecule has 0 radical (unpaired) electrons. The second-order valence-electron chi connectivity index (χ2n) is 5.08. The third-order valence-electron chi connectivity index (χ3n) is 3.78. The van der Waals surface area contributed by atoms with Crippen LogP contribution in [0.25, 0.3) is 0 Å². The Morgan fingerprint density at radius 2 is 1.75 bits per heavy atom. The Hall–Kier alpha value is -0.0800. The van der Waals surface area contributed by atoms with E-state index in [2.05, 4.69) is 25.7 Å². The zero-order chi connectivity index (χ0) is 12.1. The Bertz CT molecular complexity index is 181.